The standard InChI is InChI=1S/C35H35ClFN3O3/c1-22-5-3-8-31(35(22)37)29-7-4-6-28-26(9-10-30(28)29)11-12-42-34-15-33(27(14-32(34)36)19-40-23(2)20-41)43-21-25-13-24(16-38)17-39-18-25/h3-8,13-15,17-18,23,26,40-41H,9-12,19-21H2,1-2H3/t23-,26?/m1/s1. The maximum atomic E-state index is 15.0. The van der Waals surface area contributed by atoms with Crippen molar-refractivity contribution in [3.63, 3.8) is 0 Å². The molecule has 0 saturated heterocycles. The lowest BCUT2D eigenvalue weighted by molar-refractivity contribution is 0.249. The van der Waals surface area contributed by atoms with Gasteiger partial charge in [0.05, 0.1) is 23.8 Å². The van der Waals surface area contributed by atoms with E-state index in [0.29, 0.717) is 52.3 Å². The number of ether oxygens (including phenoxy) is 2. The van der Waals surface area contributed by atoms with E-state index < -0.39 is 0 Å². The number of benzene rings is 3. The molecule has 8 heteroatoms. The number of nitriles is 1. The van der Waals surface area contributed by atoms with Crippen LogP contribution in [0.2, 0.25) is 5.02 Å². The lowest BCUT2D eigenvalue weighted by Gasteiger charge is -2.18. The van der Waals surface area contributed by atoms with Gasteiger partial charge < -0.3 is 19.9 Å². The van der Waals surface area contributed by atoms with Gasteiger partial charge in [0.1, 0.15) is 30.0 Å². The van der Waals surface area contributed by atoms with Gasteiger partial charge in [-0.1, -0.05) is 48.0 Å². The minimum Gasteiger partial charge on any atom is -0.492 e. The fourth-order valence-electron chi connectivity index (χ4n) is 5.56. The lowest BCUT2D eigenvalue weighted by Crippen LogP contribution is -2.28. The summed E-state index contributed by atoms with van der Waals surface area (Å²) in [6.45, 7) is 4.81. The number of hydrogen-bond acceptors (Lipinski definition) is 6. The second-order valence-electron chi connectivity index (χ2n) is 11.0. The maximum absolute atomic E-state index is 15.0. The highest BCUT2D eigenvalue weighted by Crippen LogP contribution is 2.42. The zero-order valence-electron chi connectivity index (χ0n) is 24.4. The van der Waals surface area contributed by atoms with Crippen molar-refractivity contribution in [1.82, 2.24) is 10.3 Å². The molecule has 5 rings (SSSR count). The average molecular weight is 600 g/mol. The first-order chi connectivity index (χ1) is 20.9. The fourth-order valence-corrected chi connectivity index (χ4v) is 5.80. The van der Waals surface area contributed by atoms with Gasteiger partial charge in [0.15, 0.2) is 0 Å². The summed E-state index contributed by atoms with van der Waals surface area (Å²) in [4.78, 5) is 4.11. The summed E-state index contributed by atoms with van der Waals surface area (Å²) in [6, 6.07) is 19.1. The Morgan fingerprint density at radius 3 is 2.74 bits per heavy atom. The quantitative estimate of drug-likeness (QED) is 0.178. The Labute approximate surface area is 257 Å². The molecule has 1 aliphatic rings. The van der Waals surface area contributed by atoms with Crippen LogP contribution in [0, 0.1) is 24.1 Å². The van der Waals surface area contributed by atoms with Crippen molar-refractivity contribution < 1.29 is 19.0 Å². The molecule has 6 nitrogen and oxygen atoms in total. The van der Waals surface area contributed by atoms with Crippen LogP contribution in [0.3, 0.4) is 0 Å². The lowest BCUT2D eigenvalue weighted by atomic mass is 9.92. The van der Waals surface area contributed by atoms with E-state index in [1.807, 2.05) is 37.3 Å². The van der Waals surface area contributed by atoms with Gasteiger partial charge in [0, 0.05) is 47.7 Å². The van der Waals surface area contributed by atoms with Crippen LogP contribution < -0.4 is 14.8 Å². The van der Waals surface area contributed by atoms with Crippen molar-refractivity contribution in [2.45, 2.75) is 58.2 Å². The van der Waals surface area contributed by atoms with Crippen LogP contribution in [0.15, 0.2) is 67.0 Å². The van der Waals surface area contributed by atoms with Crippen LogP contribution in [-0.2, 0) is 19.6 Å². The van der Waals surface area contributed by atoms with Crippen molar-refractivity contribution in [1.29, 1.82) is 5.26 Å². The minimum absolute atomic E-state index is 0.00343. The van der Waals surface area contributed by atoms with Crippen molar-refractivity contribution in [2.24, 2.45) is 0 Å². The third-order valence-electron chi connectivity index (χ3n) is 7.95. The first kappa shape index (κ1) is 30.5. The molecule has 3 aromatic carbocycles. The van der Waals surface area contributed by atoms with Gasteiger partial charge >= 0.3 is 0 Å². The largest absolute Gasteiger partial charge is 0.492 e. The van der Waals surface area contributed by atoms with E-state index in [1.54, 1.807) is 31.3 Å². The number of halogens is 2. The second-order valence-corrected chi connectivity index (χ2v) is 11.4. The molecule has 4 aromatic rings. The predicted molar refractivity (Wildman–Crippen MR) is 166 cm³/mol. The van der Waals surface area contributed by atoms with Gasteiger partial charge in [0.2, 0.25) is 0 Å². The number of aromatic nitrogens is 1. The van der Waals surface area contributed by atoms with Gasteiger partial charge in [-0.2, -0.15) is 5.26 Å². The number of nitrogens with one attached hydrogen (secondary N) is 1. The topological polar surface area (TPSA) is 87.4 Å². The van der Waals surface area contributed by atoms with Gasteiger partial charge in [-0.3, -0.25) is 4.98 Å². The molecular weight excluding hydrogens is 565 g/mol. The van der Waals surface area contributed by atoms with Crippen molar-refractivity contribution in [3.8, 4) is 28.7 Å². The Kier molecular flexibility index (Phi) is 9.93. The van der Waals surface area contributed by atoms with E-state index in [0.717, 1.165) is 36.0 Å². The predicted octanol–water partition coefficient (Wildman–Crippen LogP) is 7.27. The van der Waals surface area contributed by atoms with E-state index in [2.05, 4.69) is 22.4 Å². The average Bonchev–Trinajstić information content (AvgIpc) is 3.44. The van der Waals surface area contributed by atoms with Gasteiger partial charge in [0.25, 0.3) is 0 Å². The summed E-state index contributed by atoms with van der Waals surface area (Å²) in [5.41, 5.74) is 6.80. The summed E-state index contributed by atoms with van der Waals surface area (Å²) in [6.07, 6.45) is 5.85. The van der Waals surface area contributed by atoms with Gasteiger partial charge in [-0.15, -0.1) is 0 Å². The first-order valence-corrected chi connectivity index (χ1v) is 14.9. The number of rotatable bonds is 12. The molecule has 1 unspecified atom stereocenters. The Hall–Kier alpha value is -3.96. The number of aliphatic hydroxyl groups excluding tert-OH is 1. The number of pyridine rings is 1. The Balaban J connectivity index is 1.30. The minimum atomic E-state index is -0.158. The molecule has 0 aliphatic heterocycles. The SMILES string of the molecule is Cc1cccc(-c2cccc3c2CCC3CCOc2cc(OCc3cncc(C#N)c3)c(CN[C@H](C)CO)cc2Cl)c1F. The molecule has 2 atom stereocenters. The number of aryl methyl sites for hydroxylation is 1. The van der Waals surface area contributed by atoms with Crippen LogP contribution in [0.1, 0.15) is 59.1 Å². The highest BCUT2D eigenvalue weighted by atomic mass is 35.5. The molecule has 0 fully saturated rings. The molecule has 0 amide bonds. The monoisotopic (exact) mass is 599 g/mol. The number of nitrogens with zero attached hydrogens (tertiary/aromatic N) is 2. The maximum Gasteiger partial charge on any atom is 0.141 e. The Morgan fingerprint density at radius 1 is 1.12 bits per heavy atom. The van der Waals surface area contributed by atoms with E-state index in [-0.39, 0.29) is 25.1 Å². The summed E-state index contributed by atoms with van der Waals surface area (Å²) in [7, 11) is 0. The van der Waals surface area contributed by atoms with Crippen LogP contribution in [0.4, 0.5) is 4.39 Å². The summed E-state index contributed by atoms with van der Waals surface area (Å²) in [5, 5.41) is 22.4. The Morgan fingerprint density at radius 2 is 1.93 bits per heavy atom. The highest BCUT2D eigenvalue weighted by molar-refractivity contribution is 6.32. The molecule has 43 heavy (non-hydrogen) atoms. The number of hydrogen-bond donors (Lipinski definition) is 2. The van der Waals surface area contributed by atoms with E-state index in [1.165, 1.54) is 17.3 Å². The molecule has 1 aromatic heterocycles. The Bertz CT molecular complexity index is 1640. The summed E-state index contributed by atoms with van der Waals surface area (Å²) >= 11 is 6.66. The van der Waals surface area contributed by atoms with E-state index in [9.17, 15) is 14.8 Å². The molecule has 0 bridgehead atoms. The van der Waals surface area contributed by atoms with E-state index in [4.69, 9.17) is 21.1 Å². The van der Waals surface area contributed by atoms with Crippen molar-refractivity contribution >= 4 is 11.6 Å². The zero-order chi connectivity index (χ0) is 30.3. The fraction of sp³-hybridized carbons (Fsp3) is 0.314. The van der Waals surface area contributed by atoms with Gasteiger partial charge in [-0.25, -0.2) is 4.39 Å². The van der Waals surface area contributed by atoms with Crippen LogP contribution in [-0.4, -0.2) is 29.3 Å². The molecular formula is C35H35ClFN3O3. The molecule has 222 valence electrons. The van der Waals surface area contributed by atoms with Crippen molar-refractivity contribution in [3.05, 3.63) is 111 Å². The third kappa shape index (κ3) is 7.17. The molecule has 0 radical (unpaired) electrons. The second kappa shape index (κ2) is 14.0. The number of aliphatic hydroxyl groups is 1. The number of fused-ring (bicyclic) bond motifs is 1. The van der Waals surface area contributed by atoms with Crippen molar-refractivity contribution in [2.75, 3.05) is 13.2 Å². The normalized spacial score (nSPS) is 14.7. The molecule has 0 spiro atoms. The van der Waals surface area contributed by atoms with Crippen LogP contribution in [0.25, 0.3) is 11.1 Å². The van der Waals surface area contributed by atoms with Crippen LogP contribution >= 0.6 is 11.6 Å². The molecule has 2 N–H and O–H groups in total. The van der Waals surface area contributed by atoms with Gasteiger partial charge in [-0.05, 0) is 73.4 Å². The summed E-state index contributed by atoms with van der Waals surface area (Å²) in [5.74, 6) is 1.26. The highest BCUT2D eigenvalue weighted by Gasteiger charge is 2.26. The molecule has 0 saturated carbocycles. The smallest absolute Gasteiger partial charge is 0.141 e. The van der Waals surface area contributed by atoms with E-state index >= 15 is 0 Å². The molecule has 1 aliphatic carbocycles. The zero-order valence-corrected chi connectivity index (χ0v) is 25.1. The van der Waals surface area contributed by atoms with Crippen LogP contribution in [0.5, 0.6) is 11.5 Å². The molecule has 1 heterocycles. The summed E-state index contributed by atoms with van der Waals surface area (Å²) < 4.78 is 27.3. The first-order valence-electron chi connectivity index (χ1n) is 14.5. The third-order valence-corrected chi connectivity index (χ3v) is 8.24.